The number of sulfone groups is 1. The summed E-state index contributed by atoms with van der Waals surface area (Å²) in [7, 11) is -3.04. The highest BCUT2D eigenvalue weighted by Gasteiger charge is 2.29. The number of rotatable bonds is 4. The van der Waals surface area contributed by atoms with Gasteiger partial charge in [0.05, 0.1) is 5.75 Å². The zero-order chi connectivity index (χ0) is 12.7. The average Bonchev–Trinajstić information content (AvgIpc) is 2.78. The lowest BCUT2D eigenvalue weighted by molar-refractivity contribution is 0.547. The smallest absolute Gasteiger partial charge is 0.157 e. The number of hydrogen-bond donors (Lipinski definition) is 1. The lowest BCUT2D eigenvalue weighted by Gasteiger charge is -2.11. The van der Waals surface area contributed by atoms with Crippen LogP contribution in [0.1, 0.15) is 45.3 Å². The van der Waals surface area contributed by atoms with Crippen LogP contribution in [0.2, 0.25) is 0 Å². The van der Waals surface area contributed by atoms with Gasteiger partial charge in [-0.05, 0) is 18.8 Å². The Hall–Kier alpha value is -0.910. The van der Waals surface area contributed by atoms with Crippen LogP contribution in [0, 0.1) is 5.92 Å². The van der Waals surface area contributed by atoms with Crippen molar-refractivity contribution in [1.29, 1.82) is 0 Å². The van der Waals surface area contributed by atoms with Crippen molar-refractivity contribution in [2.24, 2.45) is 5.92 Å². The number of nitrogens with one attached hydrogen (secondary N) is 1. The molecule has 5 nitrogen and oxygen atoms in total. The molecule has 96 valence electrons. The molecule has 1 saturated carbocycles. The summed E-state index contributed by atoms with van der Waals surface area (Å²) in [6, 6.07) is 0. The van der Waals surface area contributed by atoms with Crippen molar-refractivity contribution in [2.45, 2.75) is 44.8 Å². The molecule has 2 rings (SSSR count). The highest BCUT2D eigenvalue weighted by atomic mass is 32.2. The first-order chi connectivity index (χ1) is 7.76. The van der Waals surface area contributed by atoms with Gasteiger partial charge in [0.15, 0.2) is 15.7 Å². The Morgan fingerprint density at radius 3 is 2.47 bits per heavy atom. The Balaban J connectivity index is 2.05. The molecule has 0 unspecified atom stereocenters. The van der Waals surface area contributed by atoms with Crippen LogP contribution >= 0.6 is 0 Å². The lowest BCUT2D eigenvalue weighted by atomic mass is 9.96. The van der Waals surface area contributed by atoms with E-state index in [4.69, 9.17) is 0 Å². The van der Waals surface area contributed by atoms with Gasteiger partial charge in [-0.1, -0.05) is 20.8 Å². The summed E-state index contributed by atoms with van der Waals surface area (Å²) >= 11 is 0. The van der Waals surface area contributed by atoms with Crippen LogP contribution in [0.25, 0.3) is 0 Å². The summed E-state index contributed by atoms with van der Waals surface area (Å²) in [6.45, 7) is 6.00. The summed E-state index contributed by atoms with van der Waals surface area (Å²) in [4.78, 5) is 4.25. The third kappa shape index (κ3) is 3.52. The molecule has 6 heteroatoms. The first-order valence-corrected chi connectivity index (χ1v) is 7.70. The Bertz CT molecular complexity index is 495. The summed E-state index contributed by atoms with van der Waals surface area (Å²) < 4.78 is 23.6. The average molecular weight is 257 g/mol. The highest BCUT2D eigenvalue weighted by molar-refractivity contribution is 7.90. The Kier molecular flexibility index (Phi) is 3.01. The molecular weight excluding hydrogens is 238 g/mol. The second-order valence-electron chi connectivity index (χ2n) is 5.85. The molecule has 0 spiro atoms. The van der Waals surface area contributed by atoms with Crippen molar-refractivity contribution in [3.05, 3.63) is 11.6 Å². The zero-order valence-electron chi connectivity index (χ0n) is 10.5. The quantitative estimate of drug-likeness (QED) is 0.885. The standard InChI is InChI=1S/C11H19N3O2S/c1-11(2,3)10-12-9(13-14-10)7-17(15,16)6-8-4-5-8/h8H,4-7H2,1-3H3,(H,12,13,14). The molecular formula is C11H19N3O2S. The third-order valence-corrected chi connectivity index (χ3v) is 4.44. The van der Waals surface area contributed by atoms with E-state index in [9.17, 15) is 8.42 Å². The highest BCUT2D eigenvalue weighted by Crippen LogP contribution is 2.31. The number of aromatic amines is 1. The van der Waals surface area contributed by atoms with Crippen molar-refractivity contribution in [1.82, 2.24) is 15.2 Å². The molecule has 1 heterocycles. The first kappa shape index (κ1) is 12.5. The number of nitrogens with zero attached hydrogens (tertiary/aromatic N) is 2. The fraction of sp³-hybridized carbons (Fsp3) is 0.818. The SMILES string of the molecule is CC(C)(C)c1n[nH]c(CS(=O)(=O)CC2CC2)n1. The monoisotopic (exact) mass is 257 g/mol. The van der Waals surface area contributed by atoms with Gasteiger partial charge < -0.3 is 0 Å². The van der Waals surface area contributed by atoms with Gasteiger partial charge in [0.2, 0.25) is 0 Å². The van der Waals surface area contributed by atoms with Gasteiger partial charge in [-0.3, -0.25) is 5.10 Å². The van der Waals surface area contributed by atoms with Gasteiger partial charge in [-0.25, -0.2) is 13.4 Å². The predicted octanol–water partition coefficient (Wildman–Crippen LogP) is 1.43. The molecule has 0 aromatic carbocycles. The van der Waals surface area contributed by atoms with Crippen molar-refractivity contribution in [3.63, 3.8) is 0 Å². The summed E-state index contributed by atoms with van der Waals surface area (Å²) in [5.74, 6) is 1.76. The molecule has 1 N–H and O–H groups in total. The van der Waals surface area contributed by atoms with E-state index in [1.807, 2.05) is 20.8 Å². The minimum atomic E-state index is -3.04. The maximum atomic E-state index is 11.8. The van der Waals surface area contributed by atoms with Crippen LogP contribution in [0.5, 0.6) is 0 Å². The van der Waals surface area contributed by atoms with E-state index in [2.05, 4.69) is 15.2 Å². The van der Waals surface area contributed by atoms with Crippen LogP contribution in [0.4, 0.5) is 0 Å². The topological polar surface area (TPSA) is 75.7 Å². The van der Waals surface area contributed by atoms with E-state index in [0.29, 0.717) is 23.3 Å². The maximum absolute atomic E-state index is 11.8. The molecule has 0 aliphatic heterocycles. The molecule has 0 atom stereocenters. The van der Waals surface area contributed by atoms with Gasteiger partial charge >= 0.3 is 0 Å². The van der Waals surface area contributed by atoms with Crippen molar-refractivity contribution >= 4 is 9.84 Å². The second kappa shape index (κ2) is 4.08. The molecule has 1 fully saturated rings. The van der Waals surface area contributed by atoms with Crippen LogP contribution in [0.3, 0.4) is 0 Å². The van der Waals surface area contributed by atoms with Crippen LogP contribution < -0.4 is 0 Å². The normalized spacial score (nSPS) is 17.4. The first-order valence-electron chi connectivity index (χ1n) is 5.88. The molecule has 1 aliphatic rings. The molecule has 17 heavy (non-hydrogen) atoms. The van der Waals surface area contributed by atoms with E-state index in [-0.39, 0.29) is 11.2 Å². The molecule has 1 aliphatic carbocycles. The third-order valence-electron chi connectivity index (χ3n) is 2.75. The van der Waals surface area contributed by atoms with E-state index in [0.717, 1.165) is 12.8 Å². The lowest BCUT2D eigenvalue weighted by Crippen LogP contribution is -2.14. The second-order valence-corrected chi connectivity index (χ2v) is 7.96. The minimum absolute atomic E-state index is 0.0213. The van der Waals surface area contributed by atoms with E-state index < -0.39 is 9.84 Å². The predicted molar refractivity (Wildman–Crippen MR) is 65.3 cm³/mol. The van der Waals surface area contributed by atoms with E-state index in [1.54, 1.807) is 0 Å². The summed E-state index contributed by atoms with van der Waals surface area (Å²) in [5.41, 5.74) is -0.158. The van der Waals surface area contributed by atoms with Crippen molar-refractivity contribution < 1.29 is 8.42 Å². The van der Waals surface area contributed by atoms with Crippen molar-refractivity contribution in [3.8, 4) is 0 Å². The summed E-state index contributed by atoms with van der Waals surface area (Å²) in [6.07, 6.45) is 2.09. The van der Waals surface area contributed by atoms with Gasteiger partial charge in [-0.15, -0.1) is 0 Å². The number of aromatic nitrogens is 3. The van der Waals surface area contributed by atoms with Crippen LogP contribution in [0.15, 0.2) is 0 Å². The zero-order valence-corrected chi connectivity index (χ0v) is 11.3. The van der Waals surface area contributed by atoms with Crippen LogP contribution in [-0.4, -0.2) is 29.4 Å². The minimum Gasteiger partial charge on any atom is -0.262 e. The summed E-state index contributed by atoms with van der Waals surface area (Å²) in [5, 5.41) is 6.79. The Labute approximate surface area is 102 Å². The molecule has 0 radical (unpaired) electrons. The van der Waals surface area contributed by atoms with Gasteiger partial charge in [0.1, 0.15) is 11.6 Å². The number of hydrogen-bond acceptors (Lipinski definition) is 4. The van der Waals surface area contributed by atoms with E-state index in [1.165, 1.54) is 0 Å². The Morgan fingerprint density at radius 2 is 2.00 bits per heavy atom. The molecule has 1 aromatic rings. The fourth-order valence-corrected chi connectivity index (χ4v) is 3.32. The van der Waals surface area contributed by atoms with Crippen molar-refractivity contribution in [2.75, 3.05) is 5.75 Å². The van der Waals surface area contributed by atoms with Gasteiger partial charge in [-0.2, -0.15) is 5.10 Å². The fourth-order valence-electron chi connectivity index (χ4n) is 1.61. The van der Waals surface area contributed by atoms with Gasteiger partial charge in [0, 0.05) is 5.41 Å². The van der Waals surface area contributed by atoms with E-state index >= 15 is 0 Å². The Morgan fingerprint density at radius 1 is 1.35 bits per heavy atom. The molecule has 0 saturated heterocycles. The maximum Gasteiger partial charge on any atom is 0.157 e. The van der Waals surface area contributed by atoms with Gasteiger partial charge in [0.25, 0.3) is 0 Å². The molecule has 1 aromatic heterocycles. The number of H-pyrrole nitrogens is 1. The largest absolute Gasteiger partial charge is 0.262 e. The molecule has 0 amide bonds. The van der Waals surface area contributed by atoms with Crippen LogP contribution in [-0.2, 0) is 21.0 Å². The molecule has 0 bridgehead atoms.